The first-order chi connectivity index (χ1) is 16.8. The highest BCUT2D eigenvalue weighted by molar-refractivity contribution is 6.31. The molecule has 0 aliphatic heterocycles. The van der Waals surface area contributed by atoms with Crippen molar-refractivity contribution in [3.05, 3.63) is 58.1 Å². The van der Waals surface area contributed by atoms with Crippen molar-refractivity contribution < 1.29 is 50.2 Å². The normalized spacial score (nSPS) is 12.1. The van der Waals surface area contributed by atoms with Gasteiger partial charge in [-0.2, -0.15) is 26.3 Å². The highest BCUT2D eigenvalue weighted by atomic mass is 35.5. The van der Waals surface area contributed by atoms with Gasteiger partial charge in [0.1, 0.15) is 17.9 Å². The molecule has 0 spiro atoms. The minimum absolute atomic E-state index is 0.0490. The molecule has 0 aliphatic rings. The SMILES string of the molecule is CN(CC(=O)OC(C)(C)C)C(=O)Oc1ccc(Cl)cc1C(=O)Nc1cc(C(F)(F)F)cc(C(F)(F)F)c1. The lowest BCUT2D eigenvalue weighted by Crippen LogP contribution is -2.37. The van der Waals surface area contributed by atoms with Gasteiger partial charge in [0.25, 0.3) is 5.91 Å². The second kappa shape index (κ2) is 10.9. The second-order valence-corrected chi connectivity index (χ2v) is 9.14. The van der Waals surface area contributed by atoms with Crippen LogP contribution in [0.15, 0.2) is 36.4 Å². The van der Waals surface area contributed by atoms with Crippen LogP contribution in [0.5, 0.6) is 5.75 Å². The molecule has 0 bridgehead atoms. The fraction of sp³-hybridized carbons (Fsp3) is 0.348. The van der Waals surface area contributed by atoms with Gasteiger partial charge in [-0.15, -0.1) is 0 Å². The van der Waals surface area contributed by atoms with E-state index in [1.165, 1.54) is 13.1 Å². The Morgan fingerprint density at radius 1 is 0.919 bits per heavy atom. The zero-order chi connectivity index (χ0) is 28.3. The van der Waals surface area contributed by atoms with Crippen molar-refractivity contribution in [1.29, 1.82) is 0 Å². The first kappa shape index (κ1) is 29.7. The van der Waals surface area contributed by atoms with Crippen LogP contribution in [-0.4, -0.2) is 42.1 Å². The summed E-state index contributed by atoms with van der Waals surface area (Å²) in [5.74, 6) is -2.40. The smallest absolute Gasteiger partial charge is 0.416 e. The summed E-state index contributed by atoms with van der Waals surface area (Å²) in [6.45, 7) is 4.33. The number of carbonyl (C=O) groups is 3. The molecule has 14 heteroatoms. The highest BCUT2D eigenvalue weighted by Crippen LogP contribution is 2.38. The third-order valence-electron chi connectivity index (χ3n) is 4.33. The summed E-state index contributed by atoms with van der Waals surface area (Å²) < 4.78 is 88.9. The van der Waals surface area contributed by atoms with Gasteiger partial charge in [-0.3, -0.25) is 14.5 Å². The predicted octanol–water partition coefficient (Wildman–Crippen LogP) is 6.40. The van der Waals surface area contributed by atoms with Gasteiger partial charge in [0, 0.05) is 17.8 Å². The molecule has 2 amide bonds. The molecule has 0 aromatic heterocycles. The van der Waals surface area contributed by atoms with Crippen LogP contribution in [0.2, 0.25) is 5.02 Å². The molecule has 2 aromatic rings. The van der Waals surface area contributed by atoms with E-state index < -0.39 is 70.6 Å². The molecule has 7 nitrogen and oxygen atoms in total. The van der Waals surface area contributed by atoms with Crippen LogP contribution < -0.4 is 10.1 Å². The quantitative estimate of drug-likeness (QED) is 0.341. The van der Waals surface area contributed by atoms with E-state index in [1.807, 2.05) is 5.32 Å². The number of ether oxygens (including phenoxy) is 2. The van der Waals surface area contributed by atoms with E-state index in [-0.39, 0.29) is 11.1 Å². The molecule has 0 radical (unpaired) electrons. The molecule has 0 heterocycles. The largest absolute Gasteiger partial charge is 0.459 e. The Balaban J connectivity index is 2.31. The minimum Gasteiger partial charge on any atom is -0.459 e. The van der Waals surface area contributed by atoms with Gasteiger partial charge in [-0.1, -0.05) is 11.6 Å². The first-order valence-electron chi connectivity index (χ1n) is 10.3. The predicted molar refractivity (Wildman–Crippen MR) is 120 cm³/mol. The van der Waals surface area contributed by atoms with Crippen molar-refractivity contribution in [2.24, 2.45) is 0 Å². The van der Waals surface area contributed by atoms with E-state index in [4.69, 9.17) is 21.1 Å². The van der Waals surface area contributed by atoms with Crippen molar-refractivity contribution in [3.8, 4) is 5.75 Å². The summed E-state index contributed by atoms with van der Waals surface area (Å²) in [5, 5.41) is 1.89. The second-order valence-electron chi connectivity index (χ2n) is 8.70. The number of esters is 1. The standard InChI is InChI=1S/C23H21ClF6N2O5/c1-21(2,3)37-18(33)11-32(4)20(35)36-17-6-5-14(24)10-16(17)19(34)31-15-8-12(22(25,26)27)7-13(9-15)23(28,29)30/h5-10H,11H2,1-4H3,(H,31,34). The molecule has 0 aliphatic carbocycles. The summed E-state index contributed by atoms with van der Waals surface area (Å²) in [6.07, 6.45) is -11.4. The van der Waals surface area contributed by atoms with Gasteiger partial charge in [0.15, 0.2) is 0 Å². The monoisotopic (exact) mass is 554 g/mol. The third kappa shape index (κ3) is 8.85. The van der Waals surface area contributed by atoms with Gasteiger partial charge in [0.2, 0.25) is 0 Å². The zero-order valence-corrected chi connectivity index (χ0v) is 20.6. The molecular formula is C23H21ClF6N2O5. The zero-order valence-electron chi connectivity index (χ0n) is 19.8. The van der Waals surface area contributed by atoms with E-state index in [1.54, 1.807) is 20.8 Å². The summed E-state index contributed by atoms with van der Waals surface area (Å²) >= 11 is 5.87. The van der Waals surface area contributed by atoms with Crippen molar-refractivity contribution in [3.63, 3.8) is 0 Å². The number of hydrogen-bond donors (Lipinski definition) is 1. The molecule has 0 fully saturated rings. The van der Waals surface area contributed by atoms with E-state index in [0.717, 1.165) is 17.0 Å². The average molecular weight is 555 g/mol. The van der Waals surface area contributed by atoms with E-state index in [2.05, 4.69) is 0 Å². The van der Waals surface area contributed by atoms with Gasteiger partial charge >= 0.3 is 24.4 Å². The van der Waals surface area contributed by atoms with Crippen LogP contribution in [0.3, 0.4) is 0 Å². The summed E-state index contributed by atoms with van der Waals surface area (Å²) in [7, 11) is 1.20. The molecular weight excluding hydrogens is 534 g/mol. The number of likely N-dealkylation sites (N-methyl/N-ethyl adjacent to an activating group) is 1. The maximum absolute atomic E-state index is 13.1. The highest BCUT2D eigenvalue weighted by Gasteiger charge is 2.37. The van der Waals surface area contributed by atoms with E-state index in [0.29, 0.717) is 12.1 Å². The summed E-state index contributed by atoms with van der Waals surface area (Å²) in [4.78, 5) is 38.0. The average Bonchev–Trinajstić information content (AvgIpc) is 2.71. The summed E-state index contributed by atoms with van der Waals surface area (Å²) in [5.41, 5.74) is -5.39. The summed E-state index contributed by atoms with van der Waals surface area (Å²) in [6, 6.07) is 3.84. The van der Waals surface area contributed by atoms with Crippen molar-refractivity contribution in [2.45, 2.75) is 38.7 Å². The Morgan fingerprint density at radius 3 is 1.95 bits per heavy atom. The maximum atomic E-state index is 13.1. The van der Waals surface area contributed by atoms with Crippen LogP contribution in [0.4, 0.5) is 36.8 Å². The van der Waals surface area contributed by atoms with Crippen LogP contribution >= 0.6 is 11.6 Å². The van der Waals surface area contributed by atoms with Gasteiger partial charge < -0.3 is 14.8 Å². The molecule has 37 heavy (non-hydrogen) atoms. The van der Waals surface area contributed by atoms with Gasteiger partial charge in [-0.25, -0.2) is 4.79 Å². The van der Waals surface area contributed by atoms with Crippen molar-refractivity contribution in [1.82, 2.24) is 4.90 Å². The first-order valence-corrected chi connectivity index (χ1v) is 10.7. The lowest BCUT2D eigenvalue weighted by molar-refractivity contribution is -0.155. The van der Waals surface area contributed by atoms with Crippen LogP contribution in [-0.2, 0) is 21.9 Å². The molecule has 2 rings (SSSR count). The number of benzene rings is 2. The third-order valence-corrected chi connectivity index (χ3v) is 4.56. The fourth-order valence-corrected chi connectivity index (χ4v) is 2.97. The van der Waals surface area contributed by atoms with E-state index in [9.17, 15) is 40.7 Å². The van der Waals surface area contributed by atoms with Crippen LogP contribution in [0, 0.1) is 0 Å². The lowest BCUT2D eigenvalue weighted by Gasteiger charge is -2.22. The molecule has 1 N–H and O–H groups in total. The molecule has 0 saturated heterocycles. The number of halogens is 7. The van der Waals surface area contributed by atoms with Crippen LogP contribution in [0.25, 0.3) is 0 Å². The molecule has 0 atom stereocenters. The maximum Gasteiger partial charge on any atom is 0.416 e. The number of nitrogens with zero attached hydrogens (tertiary/aromatic N) is 1. The van der Waals surface area contributed by atoms with E-state index >= 15 is 0 Å². The Hall–Kier alpha value is -3.48. The number of nitrogens with one attached hydrogen (secondary N) is 1. The van der Waals surface area contributed by atoms with Gasteiger partial charge in [-0.05, 0) is 57.2 Å². The Labute approximate surface area is 212 Å². The number of amides is 2. The number of alkyl halides is 6. The number of hydrogen-bond acceptors (Lipinski definition) is 5. The molecule has 0 saturated carbocycles. The van der Waals surface area contributed by atoms with Gasteiger partial charge in [0.05, 0.1) is 16.7 Å². The Bertz CT molecular complexity index is 1160. The number of carbonyl (C=O) groups excluding carboxylic acids is 3. The fourth-order valence-electron chi connectivity index (χ4n) is 2.80. The molecule has 202 valence electrons. The topological polar surface area (TPSA) is 84.9 Å². The number of anilines is 1. The van der Waals surface area contributed by atoms with Crippen molar-refractivity contribution >= 4 is 35.3 Å². The molecule has 2 aromatic carbocycles. The molecule has 0 unspecified atom stereocenters. The Kier molecular flexibility index (Phi) is 8.74. The number of rotatable bonds is 5. The van der Waals surface area contributed by atoms with Crippen LogP contribution in [0.1, 0.15) is 42.3 Å². The van der Waals surface area contributed by atoms with Crippen molar-refractivity contribution in [2.75, 3.05) is 18.9 Å². The minimum atomic E-state index is -5.13. The lowest BCUT2D eigenvalue weighted by atomic mass is 10.1. The Morgan fingerprint density at radius 2 is 1.46 bits per heavy atom.